The highest BCUT2D eigenvalue weighted by Gasteiger charge is 2.11. The van der Waals surface area contributed by atoms with Crippen LogP contribution in [-0.2, 0) is 0 Å². The molecule has 0 saturated heterocycles. The Balaban J connectivity index is 1.27. The maximum Gasteiger partial charge on any atom is 0.274 e. The molecule has 0 unspecified atom stereocenters. The van der Waals surface area contributed by atoms with Crippen LogP contribution in [0.5, 0.6) is 0 Å². The molecular formula is C23H17N7O. The molecule has 150 valence electrons. The highest BCUT2D eigenvalue weighted by molar-refractivity contribution is 6.11. The standard InChI is InChI=1S/C23H17N7O/c31-23(22-19-5-2-1-4-16(19)12-14-24-22)27-18-8-6-17(7-9-18)26-20-10-11-21(29-28-20)30-15-3-13-25-30/h1-15H,(H,26,28)(H,27,31). The minimum absolute atomic E-state index is 0.252. The highest BCUT2D eigenvalue weighted by atomic mass is 16.1. The fourth-order valence-corrected chi connectivity index (χ4v) is 3.19. The second-order valence-electron chi connectivity index (χ2n) is 6.76. The Morgan fingerprint density at radius 3 is 2.42 bits per heavy atom. The summed E-state index contributed by atoms with van der Waals surface area (Å²) in [7, 11) is 0. The van der Waals surface area contributed by atoms with E-state index in [1.807, 2.05) is 72.8 Å². The third-order valence-corrected chi connectivity index (χ3v) is 4.69. The molecule has 3 heterocycles. The van der Waals surface area contributed by atoms with E-state index in [1.165, 1.54) is 0 Å². The van der Waals surface area contributed by atoms with E-state index in [0.29, 0.717) is 23.0 Å². The molecule has 31 heavy (non-hydrogen) atoms. The first-order valence-electron chi connectivity index (χ1n) is 9.62. The number of nitrogens with zero attached hydrogens (tertiary/aromatic N) is 5. The molecule has 0 saturated carbocycles. The molecule has 0 aliphatic heterocycles. The van der Waals surface area contributed by atoms with Crippen LogP contribution in [0.4, 0.5) is 17.2 Å². The van der Waals surface area contributed by atoms with E-state index in [4.69, 9.17) is 0 Å². The average molecular weight is 407 g/mol. The van der Waals surface area contributed by atoms with Gasteiger partial charge < -0.3 is 10.6 Å². The number of hydrogen-bond donors (Lipinski definition) is 2. The lowest BCUT2D eigenvalue weighted by atomic mass is 10.1. The summed E-state index contributed by atoms with van der Waals surface area (Å²) in [6.45, 7) is 0. The van der Waals surface area contributed by atoms with Gasteiger partial charge in [-0.05, 0) is 53.9 Å². The fraction of sp³-hybridized carbons (Fsp3) is 0. The van der Waals surface area contributed by atoms with Gasteiger partial charge >= 0.3 is 0 Å². The van der Waals surface area contributed by atoms with Crippen molar-refractivity contribution in [3.05, 3.63) is 97.1 Å². The Morgan fingerprint density at radius 2 is 1.65 bits per heavy atom. The lowest BCUT2D eigenvalue weighted by Gasteiger charge is -2.09. The number of fused-ring (bicyclic) bond motifs is 1. The van der Waals surface area contributed by atoms with Crippen LogP contribution < -0.4 is 10.6 Å². The summed E-state index contributed by atoms with van der Waals surface area (Å²) in [6.07, 6.45) is 5.13. The van der Waals surface area contributed by atoms with Gasteiger partial charge in [-0.15, -0.1) is 10.2 Å². The number of nitrogens with one attached hydrogen (secondary N) is 2. The first kappa shape index (κ1) is 18.4. The number of hydrogen-bond acceptors (Lipinski definition) is 6. The minimum atomic E-state index is -0.252. The number of rotatable bonds is 5. The minimum Gasteiger partial charge on any atom is -0.339 e. The summed E-state index contributed by atoms with van der Waals surface area (Å²) in [4.78, 5) is 17.0. The molecule has 0 bridgehead atoms. The zero-order chi connectivity index (χ0) is 21.0. The van der Waals surface area contributed by atoms with Crippen molar-refractivity contribution < 1.29 is 4.79 Å². The van der Waals surface area contributed by atoms with Crippen LogP contribution in [0.15, 0.2) is 91.4 Å². The van der Waals surface area contributed by atoms with Gasteiger partial charge in [-0.1, -0.05) is 24.3 Å². The zero-order valence-electron chi connectivity index (χ0n) is 16.3. The SMILES string of the molecule is O=C(Nc1ccc(Nc2ccc(-n3cccn3)nn2)cc1)c1nccc2ccccc12. The number of pyridine rings is 1. The first-order chi connectivity index (χ1) is 15.3. The second kappa shape index (κ2) is 8.03. The Bertz CT molecular complexity index is 1330. The van der Waals surface area contributed by atoms with Gasteiger partial charge in [0.1, 0.15) is 5.69 Å². The first-order valence-corrected chi connectivity index (χ1v) is 9.62. The van der Waals surface area contributed by atoms with Crippen LogP contribution in [-0.4, -0.2) is 30.9 Å². The van der Waals surface area contributed by atoms with Crippen LogP contribution in [0, 0.1) is 0 Å². The van der Waals surface area contributed by atoms with E-state index in [1.54, 1.807) is 23.3 Å². The molecule has 0 aliphatic rings. The van der Waals surface area contributed by atoms with E-state index in [2.05, 4.69) is 30.9 Å². The monoisotopic (exact) mass is 407 g/mol. The van der Waals surface area contributed by atoms with Gasteiger partial charge in [0.2, 0.25) is 0 Å². The molecular weight excluding hydrogens is 390 g/mol. The van der Waals surface area contributed by atoms with Crippen molar-refractivity contribution in [3.8, 4) is 5.82 Å². The largest absolute Gasteiger partial charge is 0.339 e. The zero-order valence-corrected chi connectivity index (χ0v) is 16.3. The number of carbonyl (C=O) groups excluding carboxylic acids is 1. The molecule has 0 atom stereocenters. The van der Waals surface area contributed by atoms with Crippen LogP contribution in [0.1, 0.15) is 10.5 Å². The van der Waals surface area contributed by atoms with Crippen molar-refractivity contribution in [2.45, 2.75) is 0 Å². The number of anilines is 3. The third-order valence-electron chi connectivity index (χ3n) is 4.69. The summed E-state index contributed by atoms with van der Waals surface area (Å²) in [5, 5.41) is 20.3. The third kappa shape index (κ3) is 3.95. The summed E-state index contributed by atoms with van der Waals surface area (Å²) in [5.41, 5.74) is 1.89. The van der Waals surface area contributed by atoms with Gasteiger partial charge in [-0.2, -0.15) is 5.10 Å². The second-order valence-corrected chi connectivity index (χ2v) is 6.76. The predicted molar refractivity (Wildman–Crippen MR) is 119 cm³/mol. The van der Waals surface area contributed by atoms with Crippen molar-refractivity contribution in [1.82, 2.24) is 25.0 Å². The molecule has 2 N–H and O–H groups in total. The van der Waals surface area contributed by atoms with Crippen molar-refractivity contribution in [3.63, 3.8) is 0 Å². The van der Waals surface area contributed by atoms with Crippen molar-refractivity contribution >= 4 is 33.9 Å². The van der Waals surface area contributed by atoms with E-state index in [0.717, 1.165) is 16.5 Å². The van der Waals surface area contributed by atoms with E-state index < -0.39 is 0 Å². The van der Waals surface area contributed by atoms with Crippen LogP contribution in [0.25, 0.3) is 16.6 Å². The average Bonchev–Trinajstić information content (AvgIpc) is 3.35. The van der Waals surface area contributed by atoms with Gasteiger partial charge in [-0.3, -0.25) is 9.78 Å². The molecule has 5 rings (SSSR count). The summed E-state index contributed by atoms with van der Waals surface area (Å²) in [6, 6.07) is 22.4. The number of benzene rings is 2. The Hall–Kier alpha value is -4.59. The maximum absolute atomic E-state index is 12.7. The normalized spacial score (nSPS) is 10.7. The van der Waals surface area contributed by atoms with Crippen molar-refractivity contribution in [2.75, 3.05) is 10.6 Å². The highest BCUT2D eigenvalue weighted by Crippen LogP contribution is 2.20. The Morgan fingerprint density at radius 1 is 0.806 bits per heavy atom. The fourth-order valence-electron chi connectivity index (χ4n) is 3.19. The van der Waals surface area contributed by atoms with Gasteiger partial charge in [0, 0.05) is 35.4 Å². The summed E-state index contributed by atoms with van der Waals surface area (Å²) < 4.78 is 1.64. The van der Waals surface area contributed by atoms with Crippen molar-refractivity contribution in [2.24, 2.45) is 0 Å². The number of carbonyl (C=O) groups is 1. The number of aromatic nitrogens is 5. The summed E-state index contributed by atoms with van der Waals surface area (Å²) in [5.74, 6) is 0.987. The lowest BCUT2D eigenvalue weighted by Crippen LogP contribution is -2.14. The molecule has 8 nitrogen and oxygen atoms in total. The lowest BCUT2D eigenvalue weighted by molar-refractivity contribution is 0.102. The molecule has 0 aliphatic carbocycles. The maximum atomic E-state index is 12.7. The van der Waals surface area contributed by atoms with Gasteiger partial charge in [-0.25, -0.2) is 4.68 Å². The van der Waals surface area contributed by atoms with Gasteiger partial charge in [0.25, 0.3) is 5.91 Å². The number of amides is 1. The smallest absolute Gasteiger partial charge is 0.274 e. The van der Waals surface area contributed by atoms with Gasteiger partial charge in [0.15, 0.2) is 11.6 Å². The molecule has 3 aromatic heterocycles. The predicted octanol–water partition coefficient (Wildman–Crippen LogP) is 4.21. The Kier molecular flexibility index (Phi) is 4.78. The van der Waals surface area contributed by atoms with E-state index in [9.17, 15) is 4.79 Å². The van der Waals surface area contributed by atoms with Crippen LogP contribution in [0.2, 0.25) is 0 Å². The molecule has 0 radical (unpaired) electrons. The molecule has 2 aromatic carbocycles. The van der Waals surface area contributed by atoms with Crippen LogP contribution in [0.3, 0.4) is 0 Å². The van der Waals surface area contributed by atoms with Crippen molar-refractivity contribution in [1.29, 1.82) is 0 Å². The Labute approximate surface area is 177 Å². The van der Waals surface area contributed by atoms with E-state index in [-0.39, 0.29) is 5.91 Å². The molecule has 8 heteroatoms. The molecule has 0 fully saturated rings. The summed E-state index contributed by atoms with van der Waals surface area (Å²) >= 11 is 0. The van der Waals surface area contributed by atoms with Crippen LogP contribution >= 0.6 is 0 Å². The molecule has 0 spiro atoms. The molecule has 5 aromatic rings. The quantitative estimate of drug-likeness (QED) is 0.453. The topological polar surface area (TPSA) is 97.6 Å². The molecule has 1 amide bonds. The van der Waals surface area contributed by atoms with Gasteiger partial charge in [0.05, 0.1) is 0 Å². The van der Waals surface area contributed by atoms with E-state index >= 15 is 0 Å².